The molecule has 0 unspecified atom stereocenters. The third kappa shape index (κ3) is 5.01. The van der Waals surface area contributed by atoms with Crippen molar-refractivity contribution in [1.82, 2.24) is 4.31 Å². The molecule has 7 heteroatoms. The quantitative estimate of drug-likeness (QED) is 0.406. The summed E-state index contributed by atoms with van der Waals surface area (Å²) in [6.45, 7) is 5.47. The van der Waals surface area contributed by atoms with Gasteiger partial charge in [-0.3, -0.25) is 4.79 Å². The van der Waals surface area contributed by atoms with Gasteiger partial charge in [-0.1, -0.05) is 29.3 Å². The van der Waals surface area contributed by atoms with Crippen LogP contribution in [0, 0.1) is 6.92 Å². The minimum absolute atomic E-state index is 0.0217. The lowest BCUT2D eigenvalue weighted by atomic mass is 10.2. The fraction of sp³-hybridized carbons (Fsp3) is 0.412. The van der Waals surface area contributed by atoms with Crippen LogP contribution in [0.1, 0.15) is 25.8 Å². The van der Waals surface area contributed by atoms with Crippen LogP contribution < -0.4 is 0 Å². The number of carbonyl (C=O) groups excluding carboxylic acids is 2. The second kappa shape index (κ2) is 8.75. The number of sulfonamides is 1. The van der Waals surface area contributed by atoms with E-state index in [2.05, 4.69) is 4.74 Å². The molecule has 0 bridgehead atoms. The van der Waals surface area contributed by atoms with Crippen LogP contribution >= 0.6 is 0 Å². The minimum atomic E-state index is -3.96. The van der Waals surface area contributed by atoms with Gasteiger partial charge in [-0.15, -0.1) is 0 Å². The summed E-state index contributed by atoms with van der Waals surface area (Å²) >= 11 is 0. The molecule has 1 aromatic rings. The summed E-state index contributed by atoms with van der Waals surface area (Å²) < 4.78 is 31.6. The van der Waals surface area contributed by atoms with E-state index >= 15 is 0 Å². The molecule has 0 saturated carbocycles. The SMILES string of the molecule is COC(=O)[C@@H](CC=O)N(CC=C(C)C)S(=O)(=O)c1ccc(C)cc1. The van der Waals surface area contributed by atoms with E-state index in [1.54, 1.807) is 18.2 Å². The van der Waals surface area contributed by atoms with Crippen molar-refractivity contribution in [2.24, 2.45) is 0 Å². The van der Waals surface area contributed by atoms with Crippen LogP contribution in [0.4, 0.5) is 0 Å². The summed E-state index contributed by atoms with van der Waals surface area (Å²) in [5.41, 5.74) is 1.82. The average molecular weight is 353 g/mol. The molecule has 0 spiro atoms. The Morgan fingerprint density at radius 1 is 1.25 bits per heavy atom. The molecular formula is C17H23NO5S. The number of hydrogen-bond donors (Lipinski definition) is 0. The maximum absolute atomic E-state index is 13.0. The molecule has 0 fully saturated rings. The van der Waals surface area contributed by atoms with E-state index in [1.165, 1.54) is 12.1 Å². The van der Waals surface area contributed by atoms with Gasteiger partial charge < -0.3 is 9.53 Å². The van der Waals surface area contributed by atoms with Crippen molar-refractivity contribution in [2.45, 2.75) is 38.1 Å². The Hall–Kier alpha value is -1.99. The zero-order valence-electron chi connectivity index (χ0n) is 14.4. The number of esters is 1. The Morgan fingerprint density at radius 3 is 2.29 bits per heavy atom. The highest BCUT2D eigenvalue weighted by Gasteiger charge is 2.35. The molecule has 0 saturated heterocycles. The molecule has 1 atom stereocenters. The van der Waals surface area contributed by atoms with E-state index in [4.69, 9.17) is 0 Å². The first-order valence-corrected chi connectivity index (χ1v) is 8.91. The van der Waals surface area contributed by atoms with Crippen LogP contribution in [0.25, 0.3) is 0 Å². The molecule has 0 aliphatic carbocycles. The Labute approximate surface area is 143 Å². The molecule has 1 rings (SSSR count). The smallest absolute Gasteiger partial charge is 0.324 e. The van der Waals surface area contributed by atoms with Gasteiger partial charge in [0, 0.05) is 13.0 Å². The lowest BCUT2D eigenvalue weighted by molar-refractivity contribution is -0.146. The van der Waals surface area contributed by atoms with Gasteiger partial charge in [0.1, 0.15) is 12.3 Å². The Morgan fingerprint density at radius 2 is 1.83 bits per heavy atom. The van der Waals surface area contributed by atoms with Crippen molar-refractivity contribution in [3.63, 3.8) is 0 Å². The Balaban J connectivity index is 3.38. The van der Waals surface area contributed by atoms with Crippen LogP contribution in [0.5, 0.6) is 0 Å². The first kappa shape index (κ1) is 20.1. The topological polar surface area (TPSA) is 80.8 Å². The predicted molar refractivity (Wildman–Crippen MR) is 91.0 cm³/mol. The number of hydrogen-bond acceptors (Lipinski definition) is 5. The molecule has 0 N–H and O–H groups in total. The van der Waals surface area contributed by atoms with Crippen LogP contribution in [-0.2, 0) is 24.3 Å². The number of carbonyl (C=O) groups is 2. The van der Waals surface area contributed by atoms with Crippen molar-refractivity contribution >= 4 is 22.3 Å². The molecule has 0 heterocycles. The minimum Gasteiger partial charge on any atom is -0.468 e. The number of ether oxygens (including phenoxy) is 1. The number of benzene rings is 1. The van der Waals surface area contributed by atoms with Crippen molar-refractivity contribution in [1.29, 1.82) is 0 Å². The fourth-order valence-corrected chi connectivity index (χ4v) is 3.60. The normalized spacial score (nSPS) is 12.5. The molecule has 0 aliphatic rings. The molecule has 0 amide bonds. The number of nitrogens with zero attached hydrogens (tertiary/aromatic N) is 1. The third-order valence-electron chi connectivity index (χ3n) is 3.45. The van der Waals surface area contributed by atoms with Crippen molar-refractivity contribution < 1.29 is 22.7 Å². The van der Waals surface area contributed by atoms with E-state index in [1.807, 2.05) is 20.8 Å². The summed E-state index contributed by atoms with van der Waals surface area (Å²) in [6, 6.07) is 5.12. The summed E-state index contributed by atoms with van der Waals surface area (Å²) in [5.74, 6) is -0.764. The van der Waals surface area contributed by atoms with Gasteiger partial charge in [0.25, 0.3) is 0 Å². The molecule has 1 aromatic carbocycles. The Bertz CT molecular complexity index is 703. The maximum atomic E-state index is 13.0. The van der Waals surface area contributed by atoms with Gasteiger partial charge in [-0.05, 0) is 32.9 Å². The zero-order valence-corrected chi connectivity index (χ0v) is 15.2. The standard InChI is InChI=1S/C17H23NO5S/c1-13(2)9-11-18(16(10-12-19)17(20)23-4)24(21,22)15-7-5-14(3)6-8-15/h5-9,12,16H,10-11H2,1-4H3/t16-/m1/s1. The highest BCUT2D eigenvalue weighted by Crippen LogP contribution is 2.21. The van der Waals surface area contributed by atoms with E-state index in [-0.39, 0.29) is 17.9 Å². The van der Waals surface area contributed by atoms with Crippen LogP contribution in [-0.4, -0.2) is 44.7 Å². The summed E-state index contributed by atoms with van der Waals surface area (Å²) in [4.78, 5) is 23.0. The molecule has 24 heavy (non-hydrogen) atoms. The molecule has 132 valence electrons. The van der Waals surface area contributed by atoms with Crippen LogP contribution in [0.3, 0.4) is 0 Å². The van der Waals surface area contributed by atoms with E-state index in [0.29, 0.717) is 6.29 Å². The van der Waals surface area contributed by atoms with E-state index in [9.17, 15) is 18.0 Å². The van der Waals surface area contributed by atoms with E-state index in [0.717, 1.165) is 22.6 Å². The second-order valence-corrected chi connectivity index (χ2v) is 7.50. The van der Waals surface area contributed by atoms with Gasteiger partial charge in [-0.2, -0.15) is 4.31 Å². The molecular weight excluding hydrogens is 330 g/mol. The molecule has 0 aromatic heterocycles. The Kier molecular flexibility index (Phi) is 7.31. The summed E-state index contributed by atoms with van der Waals surface area (Å²) in [7, 11) is -2.80. The second-order valence-electron chi connectivity index (χ2n) is 5.61. The highest BCUT2D eigenvalue weighted by atomic mass is 32.2. The van der Waals surface area contributed by atoms with Crippen molar-refractivity contribution in [2.75, 3.05) is 13.7 Å². The molecule has 0 radical (unpaired) electrons. The molecule has 6 nitrogen and oxygen atoms in total. The number of allylic oxidation sites excluding steroid dienone is 1. The van der Waals surface area contributed by atoms with Crippen molar-refractivity contribution in [3.05, 3.63) is 41.5 Å². The van der Waals surface area contributed by atoms with Gasteiger partial charge in [-0.25, -0.2) is 8.42 Å². The largest absolute Gasteiger partial charge is 0.468 e. The zero-order chi connectivity index (χ0) is 18.3. The number of methoxy groups -OCH3 is 1. The lowest BCUT2D eigenvalue weighted by Crippen LogP contribution is -2.46. The number of aldehydes is 1. The first-order chi connectivity index (χ1) is 11.2. The van der Waals surface area contributed by atoms with Crippen LogP contribution in [0.2, 0.25) is 0 Å². The predicted octanol–water partition coefficient (Wildman–Crippen LogP) is 2.08. The van der Waals surface area contributed by atoms with E-state index < -0.39 is 22.0 Å². The van der Waals surface area contributed by atoms with Gasteiger partial charge in [0.15, 0.2) is 0 Å². The molecule has 0 aliphatic heterocycles. The summed E-state index contributed by atoms with van der Waals surface area (Å²) in [5, 5.41) is 0. The summed E-state index contributed by atoms with van der Waals surface area (Å²) in [6.07, 6.45) is 1.93. The first-order valence-electron chi connectivity index (χ1n) is 7.47. The fourth-order valence-electron chi connectivity index (χ4n) is 2.07. The lowest BCUT2D eigenvalue weighted by Gasteiger charge is -2.27. The van der Waals surface area contributed by atoms with Crippen LogP contribution in [0.15, 0.2) is 40.8 Å². The van der Waals surface area contributed by atoms with Gasteiger partial charge in [0.05, 0.1) is 12.0 Å². The highest BCUT2D eigenvalue weighted by molar-refractivity contribution is 7.89. The number of aryl methyl sites for hydroxylation is 1. The third-order valence-corrected chi connectivity index (χ3v) is 5.34. The monoisotopic (exact) mass is 353 g/mol. The maximum Gasteiger partial charge on any atom is 0.324 e. The average Bonchev–Trinajstić information content (AvgIpc) is 2.53. The van der Waals surface area contributed by atoms with Gasteiger partial charge in [0.2, 0.25) is 10.0 Å². The van der Waals surface area contributed by atoms with Crippen molar-refractivity contribution in [3.8, 4) is 0 Å². The van der Waals surface area contributed by atoms with Gasteiger partial charge >= 0.3 is 5.97 Å². The number of rotatable bonds is 8.